The van der Waals surface area contributed by atoms with Crippen molar-refractivity contribution in [2.45, 2.75) is 39.8 Å². The Bertz CT molecular complexity index is 608. The molecular formula is C17H28N6O2. The van der Waals surface area contributed by atoms with Crippen LogP contribution < -0.4 is 10.6 Å². The van der Waals surface area contributed by atoms with E-state index >= 15 is 0 Å². The van der Waals surface area contributed by atoms with E-state index in [-0.39, 0.29) is 0 Å². The summed E-state index contributed by atoms with van der Waals surface area (Å²) in [5.41, 5.74) is 0. The fraction of sp³-hybridized carbons (Fsp3) is 0.588. The van der Waals surface area contributed by atoms with Crippen molar-refractivity contribution in [3.05, 3.63) is 36.3 Å². The quantitative estimate of drug-likeness (QED) is 0.364. The van der Waals surface area contributed by atoms with Gasteiger partial charge in [0.05, 0.1) is 6.26 Å². The summed E-state index contributed by atoms with van der Waals surface area (Å²) in [5, 5.41) is 14.6. The molecule has 0 saturated carbocycles. The number of ether oxygens (including phenoxy) is 1. The van der Waals surface area contributed by atoms with Crippen molar-refractivity contribution >= 4 is 5.96 Å². The van der Waals surface area contributed by atoms with E-state index in [2.05, 4.69) is 44.2 Å². The van der Waals surface area contributed by atoms with Gasteiger partial charge in [0.2, 0.25) is 0 Å². The monoisotopic (exact) mass is 348 g/mol. The minimum atomic E-state index is 0.508. The minimum Gasteiger partial charge on any atom is -0.467 e. The van der Waals surface area contributed by atoms with E-state index in [0.717, 1.165) is 50.0 Å². The third kappa shape index (κ3) is 6.96. The zero-order chi connectivity index (χ0) is 17.7. The second kappa shape index (κ2) is 11.2. The van der Waals surface area contributed by atoms with E-state index in [1.54, 1.807) is 12.6 Å². The maximum atomic E-state index is 5.55. The van der Waals surface area contributed by atoms with Crippen LogP contribution in [0, 0.1) is 0 Å². The molecule has 2 aromatic rings. The number of hydrogen-bond acceptors (Lipinski definition) is 5. The largest absolute Gasteiger partial charge is 0.467 e. The number of guanidine groups is 1. The van der Waals surface area contributed by atoms with Gasteiger partial charge < -0.3 is 24.4 Å². The van der Waals surface area contributed by atoms with Crippen LogP contribution in [-0.4, -0.2) is 47.0 Å². The Morgan fingerprint density at radius 1 is 1.36 bits per heavy atom. The van der Waals surface area contributed by atoms with Crippen molar-refractivity contribution < 1.29 is 9.15 Å². The topological polar surface area (TPSA) is 89.5 Å². The van der Waals surface area contributed by atoms with Gasteiger partial charge in [0, 0.05) is 39.2 Å². The van der Waals surface area contributed by atoms with Crippen LogP contribution in [0.2, 0.25) is 0 Å². The van der Waals surface area contributed by atoms with Crippen molar-refractivity contribution in [3.63, 3.8) is 0 Å². The lowest BCUT2D eigenvalue weighted by Gasteiger charge is -2.12. The lowest BCUT2D eigenvalue weighted by atomic mass is 10.4. The van der Waals surface area contributed by atoms with Crippen LogP contribution >= 0.6 is 0 Å². The molecule has 0 bridgehead atoms. The molecule has 0 saturated heterocycles. The standard InChI is InChI=1S/C17H28N6O2/c1-3-16-22-21-14-23(16)10-9-20-17(18-4-2)19-8-6-11-24-13-15-7-5-12-25-15/h5,7,12,14H,3-4,6,8-11,13H2,1-2H3,(H2,18,19,20). The summed E-state index contributed by atoms with van der Waals surface area (Å²) in [7, 11) is 0. The lowest BCUT2D eigenvalue weighted by Crippen LogP contribution is -2.39. The Balaban J connectivity index is 1.63. The maximum Gasteiger partial charge on any atom is 0.191 e. The van der Waals surface area contributed by atoms with E-state index in [1.807, 2.05) is 12.1 Å². The van der Waals surface area contributed by atoms with Gasteiger partial charge in [-0.15, -0.1) is 10.2 Å². The molecule has 0 spiro atoms. The van der Waals surface area contributed by atoms with Gasteiger partial charge in [0.15, 0.2) is 5.96 Å². The Kier molecular flexibility index (Phi) is 8.54. The molecule has 25 heavy (non-hydrogen) atoms. The first kappa shape index (κ1) is 19.0. The summed E-state index contributed by atoms with van der Waals surface area (Å²) >= 11 is 0. The van der Waals surface area contributed by atoms with E-state index < -0.39 is 0 Å². The fourth-order valence-corrected chi connectivity index (χ4v) is 2.30. The minimum absolute atomic E-state index is 0.508. The molecule has 0 aliphatic carbocycles. The molecule has 2 rings (SSSR count). The third-order valence-electron chi connectivity index (χ3n) is 3.54. The third-order valence-corrected chi connectivity index (χ3v) is 3.54. The fourth-order valence-electron chi connectivity index (χ4n) is 2.30. The Morgan fingerprint density at radius 2 is 2.28 bits per heavy atom. The van der Waals surface area contributed by atoms with Crippen LogP contribution in [0.4, 0.5) is 0 Å². The molecule has 0 amide bonds. The maximum absolute atomic E-state index is 5.55. The molecule has 2 aromatic heterocycles. The van der Waals surface area contributed by atoms with Gasteiger partial charge in [-0.3, -0.25) is 4.99 Å². The van der Waals surface area contributed by atoms with Crippen molar-refractivity contribution in [2.75, 3.05) is 26.2 Å². The smallest absolute Gasteiger partial charge is 0.191 e. The predicted molar refractivity (Wildman–Crippen MR) is 96.4 cm³/mol. The Hall–Kier alpha value is -2.35. The molecule has 0 atom stereocenters. The number of aromatic nitrogens is 3. The van der Waals surface area contributed by atoms with Gasteiger partial charge in [-0.05, 0) is 25.5 Å². The van der Waals surface area contributed by atoms with E-state index in [4.69, 9.17) is 9.15 Å². The number of hydrogen-bond donors (Lipinski definition) is 2. The number of nitrogens with one attached hydrogen (secondary N) is 2. The molecule has 0 aromatic carbocycles. The average Bonchev–Trinajstić information content (AvgIpc) is 3.29. The molecule has 0 aliphatic heterocycles. The zero-order valence-corrected chi connectivity index (χ0v) is 15.1. The average molecular weight is 348 g/mol. The Labute approximate surface area is 148 Å². The van der Waals surface area contributed by atoms with Crippen molar-refractivity contribution in [1.82, 2.24) is 25.4 Å². The summed E-state index contributed by atoms with van der Waals surface area (Å²) in [4.78, 5) is 4.56. The van der Waals surface area contributed by atoms with Crippen molar-refractivity contribution in [3.8, 4) is 0 Å². The molecule has 0 unspecified atom stereocenters. The van der Waals surface area contributed by atoms with Gasteiger partial charge in [-0.1, -0.05) is 6.92 Å². The molecule has 2 N–H and O–H groups in total. The van der Waals surface area contributed by atoms with Crippen LogP contribution in [-0.2, 0) is 24.3 Å². The number of furan rings is 1. The van der Waals surface area contributed by atoms with E-state index in [1.165, 1.54) is 0 Å². The molecule has 8 nitrogen and oxygen atoms in total. The first-order valence-electron chi connectivity index (χ1n) is 8.82. The second-order valence-electron chi connectivity index (χ2n) is 5.47. The second-order valence-corrected chi connectivity index (χ2v) is 5.47. The van der Waals surface area contributed by atoms with Crippen LogP contribution in [0.5, 0.6) is 0 Å². The molecular weight excluding hydrogens is 320 g/mol. The molecule has 0 radical (unpaired) electrons. The van der Waals surface area contributed by atoms with Gasteiger partial charge >= 0.3 is 0 Å². The molecule has 138 valence electrons. The van der Waals surface area contributed by atoms with Gasteiger partial charge in [-0.25, -0.2) is 0 Å². The van der Waals surface area contributed by atoms with Crippen molar-refractivity contribution in [2.24, 2.45) is 4.99 Å². The van der Waals surface area contributed by atoms with Crippen molar-refractivity contribution in [1.29, 1.82) is 0 Å². The van der Waals surface area contributed by atoms with Crippen LogP contribution in [0.1, 0.15) is 31.9 Å². The van der Waals surface area contributed by atoms with Crippen LogP contribution in [0.25, 0.3) is 0 Å². The summed E-state index contributed by atoms with van der Waals surface area (Å²) in [6, 6.07) is 3.77. The zero-order valence-electron chi connectivity index (χ0n) is 15.1. The first-order chi connectivity index (χ1) is 12.3. The summed E-state index contributed by atoms with van der Waals surface area (Å²) in [5.74, 6) is 2.66. The number of aliphatic imine (C=N–C) groups is 1. The van der Waals surface area contributed by atoms with Crippen LogP contribution in [0.15, 0.2) is 34.1 Å². The molecule has 2 heterocycles. The summed E-state index contributed by atoms with van der Waals surface area (Å²) in [6.45, 7) is 8.41. The highest BCUT2D eigenvalue weighted by Crippen LogP contribution is 2.01. The first-order valence-corrected chi connectivity index (χ1v) is 8.82. The predicted octanol–water partition coefficient (Wildman–Crippen LogP) is 1.60. The van der Waals surface area contributed by atoms with Gasteiger partial charge in [0.25, 0.3) is 0 Å². The highest BCUT2D eigenvalue weighted by atomic mass is 16.5. The number of aryl methyl sites for hydroxylation is 1. The lowest BCUT2D eigenvalue weighted by molar-refractivity contribution is 0.105. The number of rotatable bonds is 11. The molecule has 0 aliphatic rings. The molecule has 0 fully saturated rings. The van der Waals surface area contributed by atoms with E-state index in [9.17, 15) is 0 Å². The summed E-state index contributed by atoms with van der Waals surface area (Å²) in [6.07, 6.45) is 5.16. The molecule has 8 heteroatoms. The SMILES string of the molecule is CCNC(=NCCCOCc1ccco1)NCCn1cnnc1CC. The normalized spacial score (nSPS) is 11.7. The highest BCUT2D eigenvalue weighted by Gasteiger charge is 2.02. The highest BCUT2D eigenvalue weighted by molar-refractivity contribution is 5.79. The van der Waals surface area contributed by atoms with Gasteiger partial charge in [-0.2, -0.15) is 0 Å². The Morgan fingerprint density at radius 3 is 3.04 bits per heavy atom. The van der Waals surface area contributed by atoms with Crippen LogP contribution in [0.3, 0.4) is 0 Å². The number of nitrogens with zero attached hydrogens (tertiary/aromatic N) is 4. The summed E-state index contributed by atoms with van der Waals surface area (Å²) < 4.78 is 12.8. The van der Waals surface area contributed by atoms with Gasteiger partial charge in [0.1, 0.15) is 24.5 Å². The van der Waals surface area contributed by atoms with E-state index in [0.29, 0.717) is 19.8 Å².